The zero-order chi connectivity index (χ0) is 17.8. The van der Waals surface area contributed by atoms with E-state index in [-0.39, 0.29) is 6.10 Å². The van der Waals surface area contributed by atoms with Crippen LogP contribution in [0.15, 0.2) is 97.1 Å². The maximum absolute atomic E-state index is 6.53. The van der Waals surface area contributed by atoms with E-state index < -0.39 is 0 Å². The Morgan fingerprint density at radius 3 is 2.04 bits per heavy atom. The van der Waals surface area contributed by atoms with Crippen LogP contribution in [0.3, 0.4) is 0 Å². The van der Waals surface area contributed by atoms with Crippen molar-refractivity contribution in [3.8, 4) is 16.9 Å². The Morgan fingerprint density at radius 2 is 1.35 bits per heavy atom. The molecule has 1 unspecified atom stereocenters. The second kappa shape index (κ2) is 7.45. The van der Waals surface area contributed by atoms with E-state index in [4.69, 9.17) is 4.74 Å². The third-order valence-electron chi connectivity index (χ3n) is 4.76. The quantitative estimate of drug-likeness (QED) is 0.379. The average Bonchev–Trinajstić information content (AvgIpc) is 2.73. The maximum Gasteiger partial charge on any atom is 0.128 e. The lowest BCUT2D eigenvalue weighted by molar-refractivity contribution is 0.204. The highest BCUT2D eigenvalue weighted by Crippen LogP contribution is 2.37. The van der Waals surface area contributed by atoms with E-state index in [9.17, 15) is 0 Å². The molecule has 0 amide bonds. The number of hydrogen-bond acceptors (Lipinski definition) is 1. The van der Waals surface area contributed by atoms with Gasteiger partial charge in [0, 0.05) is 5.39 Å². The van der Waals surface area contributed by atoms with Gasteiger partial charge in [0.2, 0.25) is 0 Å². The van der Waals surface area contributed by atoms with Gasteiger partial charge in [0.1, 0.15) is 11.9 Å². The van der Waals surface area contributed by atoms with Gasteiger partial charge in [0.25, 0.3) is 0 Å². The van der Waals surface area contributed by atoms with E-state index in [2.05, 4.69) is 97.9 Å². The molecule has 0 aliphatic heterocycles. The first-order valence-corrected chi connectivity index (χ1v) is 9.15. The molecule has 0 heterocycles. The predicted octanol–water partition coefficient (Wildman–Crippen LogP) is 7.04. The smallest absolute Gasteiger partial charge is 0.128 e. The van der Waals surface area contributed by atoms with E-state index in [0.717, 1.165) is 12.2 Å². The lowest BCUT2D eigenvalue weighted by Gasteiger charge is -2.20. The second-order valence-corrected chi connectivity index (χ2v) is 6.45. The summed E-state index contributed by atoms with van der Waals surface area (Å²) in [6.45, 7) is 2.17. The number of hydrogen-bond donors (Lipinski definition) is 0. The normalized spacial score (nSPS) is 12.0. The summed E-state index contributed by atoms with van der Waals surface area (Å²) < 4.78 is 6.53. The van der Waals surface area contributed by atoms with Crippen molar-refractivity contribution in [1.29, 1.82) is 0 Å². The molecule has 0 radical (unpaired) electrons. The van der Waals surface area contributed by atoms with Crippen molar-refractivity contribution in [2.24, 2.45) is 0 Å². The summed E-state index contributed by atoms with van der Waals surface area (Å²) in [6.07, 6.45) is 0.971. The summed E-state index contributed by atoms with van der Waals surface area (Å²) >= 11 is 0. The molecule has 4 rings (SSSR count). The van der Waals surface area contributed by atoms with Gasteiger partial charge in [0.15, 0.2) is 0 Å². The van der Waals surface area contributed by atoms with Gasteiger partial charge < -0.3 is 4.74 Å². The molecule has 1 atom stereocenters. The third-order valence-corrected chi connectivity index (χ3v) is 4.76. The molecule has 0 aliphatic rings. The minimum atomic E-state index is 0.0469. The van der Waals surface area contributed by atoms with Gasteiger partial charge in [-0.05, 0) is 34.6 Å². The third kappa shape index (κ3) is 3.21. The number of fused-ring (bicyclic) bond motifs is 1. The molecule has 26 heavy (non-hydrogen) atoms. The van der Waals surface area contributed by atoms with Crippen LogP contribution in [0, 0.1) is 0 Å². The fraction of sp³-hybridized carbons (Fsp3) is 0.120. The van der Waals surface area contributed by atoms with Crippen molar-refractivity contribution in [2.75, 3.05) is 0 Å². The predicted molar refractivity (Wildman–Crippen MR) is 109 cm³/mol. The Bertz CT molecular complexity index is 985. The molecule has 0 fully saturated rings. The van der Waals surface area contributed by atoms with Gasteiger partial charge in [-0.15, -0.1) is 0 Å². The van der Waals surface area contributed by atoms with Crippen molar-refractivity contribution < 1.29 is 4.74 Å². The molecule has 4 aromatic carbocycles. The van der Waals surface area contributed by atoms with Crippen molar-refractivity contribution in [1.82, 2.24) is 0 Å². The van der Waals surface area contributed by atoms with Crippen LogP contribution >= 0.6 is 0 Å². The van der Waals surface area contributed by atoms with E-state index in [1.807, 2.05) is 6.07 Å². The van der Waals surface area contributed by atoms with Crippen LogP contribution in [-0.4, -0.2) is 0 Å². The molecule has 1 heteroatoms. The molecule has 1 nitrogen and oxygen atoms in total. The lowest BCUT2D eigenvalue weighted by Crippen LogP contribution is -2.06. The summed E-state index contributed by atoms with van der Waals surface area (Å²) in [5.41, 5.74) is 3.63. The van der Waals surface area contributed by atoms with Crippen LogP contribution < -0.4 is 4.74 Å². The molecule has 0 aliphatic carbocycles. The van der Waals surface area contributed by atoms with E-state index in [0.29, 0.717) is 0 Å². The second-order valence-electron chi connectivity index (χ2n) is 6.45. The Kier molecular flexibility index (Phi) is 4.70. The van der Waals surface area contributed by atoms with Gasteiger partial charge >= 0.3 is 0 Å². The zero-order valence-electron chi connectivity index (χ0n) is 14.9. The Labute approximate surface area is 154 Å². The SMILES string of the molecule is CCC(Oc1cccc2cccc(-c3ccccc3)c12)c1ccccc1. The van der Waals surface area contributed by atoms with Crippen LogP contribution in [0.25, 0.3) is 21.9 Å². The number of ether oxygens (including phenoxy) is 1. The molecule has 0 spiro atoms. The van der Waals surface area contributed by atoms with E-state index in [1.54, 1.807) is 0 Å². The Hall–Kier alpha value is -3.06. The lowest BCUT2D eigenvalue weighted by atomic mass is 9.97. The van der Waals surface area contributed by atoms with Gasteiger partial charge in [-0.2, -0.15) is 0 Å². The molecule has 4 aromatic rings. The molecule has 0 bridgehead atoms. The maximum atomic E-state index is 6.53. The van der Waals surface area contributed by atoms with E-state index in [1.165, 1.54) is 27.5 Å². The fourth-order valence-corrected chi connectivity index (χ4v) is 3.47. The fourth-order valence-electron chi connectivity index (χ4n) is 3.47. The highest BCUT2D eigenvalue weighted by molar-refractivity contribution is 6.00. The first-order chi connectivity index (χ1) is 12.9. The highest BCUT2D eigenvalue weighted by atomic mass is 16.5. The summed E-state index contributed by atoms with van der Waals surface area (Å²) in [5.74, 6) is 0.942. The Balaban J connectivity index is 1.83. The van der Waals surface area contributed by atoms with Crippen molar-refractivity contribution in [3.05, 3.63) is 103 Å². The first kappa shape index (κ1) is 16.4. The van der Waals surface area contributed by atoms with Crippen LogP contribution in [0.4, 0.5) is 0 Å². The minimum Gasteiger partial charge on any atom is -0.485 e. The summed E-state index contributed by atoms with van der Waals surface area (Å²) in [6, 6.07) is 33.7. The highest BCUT2D eigenvalue weighted by Gasteiger charge is 2.15. The minimum absolute atomic E-state index is 0.0469. The average molecular weight is 338 g/mol. The number of rotatable bonds is 5. The van der Waals surface area contributed by atoms with Crippen LogP contribution in [-0.2, 0) is 0 Å². The van der Waals surface area contributed by atoms with Gasteiger partial charge in [-0.25, -0.2) is 0 Å². The molecule has 0 aromatic heterocycles. The molecule has 0 saturated heterocycles. The summed E-state index contributed by atoms with van der Waals surface area (Å²) in [7, 11) is 0. The molecule has 128 valence electrons. The summed E-state index contributed by atoms with van der Waals surface area (Å²) in [5, 5.41) is 2.38. The molecular weight excluding hydrogens is 316 g/mol. The molecule has 0 saturated carbocycles. The molecule has 0 N–H and O–H groups in total. The van der Waals surface area contributed by atoms with Gasteiger partial charge in [-0.1, -0.05) is 97.9 Å². The monoisotopic (exact) mass is 338 g/mol. The van der Waals surface area contributed by atoms with Crippen LogP contribution in [0.2, 0.25) is 0 Å². The van der Waals surface area contributed by atoms with E-state index >= 15 is 0 Å². The van der Waals surface area contributed by atoms with Crippen molar-refractivity contribution in [3.63, 3.8) is 0 Å². The van der Waals surface area contributed by atoms with Crippen molar-refractivity contribution in [2.45, 2.75) is 19.4 Å². The topological polar surface area (TPSA) is 9.23 Å². The number of benzene rings is 4. The van der Waals surface area contributed by atoms with Crippen LogP contribution in [0.5, 0.6) is 5.75 Å². The molecular formula is C25H22O. The summed E-state index contributed by atoms with van der Waals surface area (Å²) in [4.78, 5) is 0. The first-order valence-electron chi connectivity index (χ1n) is 9.15. The zero-order valence-corrected chi connectivity index (χ0v) is 14.9. The standard InChI is InChI=1S/C25H22O/c1-2-23(20-13-7-4-8-14-20)26-24-18-10-16-21-15-9-17-22(25(21)24)19-11-5-3-6-12-19/h3-18,23H,2H2,1H3. The van der Waals surface area contributed by atoms with Crippen LogP contribution in [0.1, 0.15) is 25.0 Å². The van der Waals surface area contributed by atoms with Gasteiger partial charge in [-0.3, -0.25) is 0 Å². The van der Waals surface area contributed by atoms with Gasteiger partial charge in [0.05, 0.1) is 0 Å². The van der Waals surface area contributed by atoms with Crippen molar-refractivity contribution >= 4 is 10.8 Å². The largest absolute Gasteiger partial charge is 0.485 e. The Morgan fingerprint density at radius 1 is 0.692 bits per heavy atom.